The molecule has 7 nitrogen and oxygen atoms in total. The fourth-order valence-electron chi connectivity index (χ4n) is 7.24. The largest absolute Gasteiger partial charge is 0.494 e. The van der Waals surface area contributed by atoms with E-state index in [0.29, 0.717) is 5.92 Å². The molecule has 11 heteroatoms. The van der Waals surface area contributed by atoms with Crippen molar-refractivity contribution < 1.29 is 18.8 Å². The second-order valence-corrected chi connectivity index (χ2v) is 15.0. The number of rotatable bonds is 3. The van der Waals surface area contributed by atoms with Gasteiger partial charge in [0.25, 0.3) is 0 Å². The lowest BCUT2D eigenvalue weighted by molar-refractivity contribution is 0.00578. The minimum atomic E-state index is -0.536. The van der Waals surface area contributed by atoms with E-state index in [2.05, 4.69) is 81.2 Å². The quantitative estimate of drug-likeness (QED) is 0.173. The molecule has 47 heavy (non-hydrogen) atoms. The summed E-state index contributed by atoms with van der Waals surface area (Å²) in [6.07, 6.45) is 7.18. The Balaban J connectivity index is 0.00000167. The fraction of sp³-hybridized carbons (Fsp3) is 0.500. The van der Waals surface area contributed by atoms with E-state index >= 15 is 0 Å². The summed E-state index contributed by atoms with van der Waals surface area (Å²) in [5.74, 6) is 1.34. The Hall–Kier alpha value is -2.31. The van der Waals surface area contributed by atoms with Crippen molar-refractivity contribution in [2.24, 2.45) is 5.92 Å². The second kappa shape index (κ2) is 13.5. The van der Waals surface area contributed by atoms with E-state index in [0.717, 1.165) is 59.0 Å². The van der Waals surface area contributed by atoms with Crippen LogP contribution in [0.3, 0.4) is 0 Å². The Kier molecular flexibility index (Phi) is 10.8. The standard InChI is InChI=1S/C36H44BN3O4.3H2S/c1-34(2,3)42-33(41)40-30-11-9-8-10-25(30)20-31(40)32-38-21-29(39-32)24-13-12-22-17-27-19-28(15-14-23(27)16-26(22)18-24)37-43-35(4,5)36(6,7)44-37;;;/h12-19,21,25,30-31H,8-11,20H2,1-7H3,(H,38,39);3*1H2/t25-,30-,31?;;;/m0.../s1. The van der Waals surface area contributed by atoms with Gasteiger partial charge >= 0.3 is 13.2 Å². The first-order valence-corrected chi connectivity index (χ1v) is 16.2. The van der Waals surface area contributed by atoms with Gasteiger partial charge in [0.15, 0.2) is 0 Å². The van der Waals surface area contributed by atoms with Gasteiger partial charge in [0, 0.05) is 11.6 Å². The van der Waals surface area contributed by atoms with Gasteiger partial charge in [-0.05, 0) is 119 Å². The summed E-state index contributed by atoms with van der Waals surface area (Å²) in [5.41, 5.74) is 1.78. The smallest absolute Gasteiger partial charge is 0.444 e. The first-order valence-electron chi connectivity index (χ1n) is 16.2. The van der Waals surface area contributed by atoms with Gasteiger partial charge in [-0.3, -0.25) is 4.90 Å². The summed E-state index contributed by atoms with van der Waals surface area (Å²) >= 11 is 0. The van der Waals surface area contributed by atoms with Crippen molar-refractivity contribution in [1.82, 2.24) is 14.9 Å². The van der Waals surface area contributed by atoms with Gasteiger partial charge in [0.05, 0.1) is 29.1 Å². The predicted molar refractivity (Wildman–Crippen MR) is 207 cm³/mol. The number of hydrogen-bond donors (Lipinski definition) is 1. The van der Waals surface area contributed by atoms with Crippen LogP contribution in [0.25, 0.3) is 32.8 Å². The van der Waals surface area contributed by atoms with Gasteiger partial charge in [-0.15, -0.1) is 0 Å². The molecule has 3 aromatic carbocycles. The molecule has 0 radical (unpaired) electrons. The number of hydrogen-bond acceptors (Lipinski definition) is 5. The van der Waals surface area contributed by atoms with Crippen molar-refractivity contribution in [2.45, 2.75) is 109 Å². The van der Waals surface area contributed by atoms with Crippen molar-refractivity contribution in [3.05, 3.63) is 60.6 Å². The summed E-state index contributed by atoms with van der Waals surface area (Å²) < 4.78 is 18.5. The van der Waals surface area contributed by atoms with Gasteiger partial charge in [0.1, 0.15) is 11.4 Å². The molecule has 7 rings (SSSR count). The Morgan fingerprint density at radius 1 is 0.894 bits per heavy atom. The molecule has 3 atom stereocenters. The Morgan fingerprint density at radius 3 is 2.17 bits per heavy atom. The third-order valence-corrected chi connectivity index (χ3v) is 10.3. The predicted octanol–water partition coefficient (Wildman–Crippen LogP) is 8.26. The number of fused-ring (bicyclic) bond motifs is 3. The maximum atomic E-state index is 13.4. The first-order chi connectivity index (χ1) is 20.8. The summed E-state index contributed by atoms with van der Waals surface area (Å²) in [4.78, 5) is 23.8. The van der Waals surface area contributed by atoms with E-state index in [9.17, 15) is 4.79 Å². The minimum Gasteiger partial charge on any atom is -0.444 e. The van der Waals surface area contributed by atoms with Crippen LogP contribution in [0.5, 0.6) is 0 Å². The molecule has 1 unspecified atom stereocenters. The number of amides is 1. The van der Waals surface area contributed by atoms with Gasteiger partial charge < -0.3 is 19.0 Å². The number of nitrogens with zero attached hydrogens (tertiary/aromatic N) is 2. The number of ether oxygens (including phenoxy) is 1. The second-order valence-electron chi connectivity index (χ2n) is 15.0. The molecule has 1 aliphatic carbocycles. The molecule has 2 saturated heterocycles. The number of carbonyl (C=O) groups is 1. The van der Waals surface area contributed by atoms with E-state index in [4.69, 9.17) is 19.0 Å². The molecule has 1 amide bonds. The summed E-state index contributed by atoms with van der Waals surface area (Å²) in [6, 6.07) is 17.6. The van der Waals surface area contributed by atoms with Crippen LogP contribution in [0.1, 0.15) is 92.4 Å². The number of benzene rings is 3. The minimum absolute atomic E-state index is 0. The van der Waals surface area contributed by atoms with Crippen molar-refractivity contribution in [3.8, 4) is 11.3 Å². The number of likely N-dealkylation sites (tertiary alicyclic amines) is 1. The Labute approximate surface area is 300 Å². The maximum absolute atomic E-state index is 13.4. The number of imidazole rings is 1. The number of aromatic nitrogens is 2. The zero-order valence-corrected chi connectivity index (χ0v) is 31.6. The summed E-state index contributed by atoms with van der Waals surface area (Å²) in [6.45, 7) is 14.1. The maximum Gasteiger partial charge on any atom is 0.494 e. The molecule has 3 fully saturated rings. The van der Waals surface area contributed by atoms with Gasteiger partial charge in [-0.2, -0.15) is 40.5 Å². The van der Waals surface area contributed by atoms with E-state index in [1.807, 2.05) is 31.9 Å². The van der Waals surface area contributed by atoms with Crippen molar-refractivity contribution in [2.75, 3.05) is 0 Å². The number of nitrogens with one attached hydrogen (secondary N) is 1. The van der Waals surface area contributed by atoms with Crippen LogP contribution in [-0.4, -0.2) is 50.9 Å². The normalized spacial score (nSPS) is 23.1. The van der Waals surface area contributed by atoms with Crippen LogP contribution < -0.4 is 5.46 Å². The highest BCUT2D eigenvalue weighted by molar-refractivity contribution is 7.59. The lowest BCUT2D eigenvalue weighted by Gasteiger charge is -2.34. The average molecular weight is 696 g/mol. The van der Waals surface area contributed by atoms with Crippen molar-refractivity contribution in [3.63, 3.8) is 0 Å². The topological polar surface area (TPSA) is 76.7 Å². The SMILES string of the molecule is CC(C)(C)OC(=O)N1C(c2ncc(-c3ccc4cc5cc(B6OC(C)(C)C(C)(C)O6)ccc5cc4c3)[nH]2)C[C@@H]2CCCC[C@@H]21.S.S.S. The molecule has 0 spiro atoms. The van der Waals surface area contributed by atoms with E-state index in [1.165, 1.54) is 17.2 Å². The van der Waals surface area contributed by atoms with Gasteiger partial charge in [0.2, 0.25) is 0 Å². The van der Waals surface area contributed by atoms with Crippen LogP contribution in [0.2, 0.25) is 0 Å². The van der Waals surface area contributed by atoms with Crippen LogP contribution in [0, 0.1) is 5.92 Å². The Morgan fingerprint density at radius 2 is 1.51 bits per heavy atom. The third kappa shape index (κ3) is 7.06. The zero-order chi connectivity index (χ0) is 31.0. The number of H-pyrrole nitrogens is 1. The van der Waals surface area contributed by atoms with Crippen LogP contribution in [0.15, 0.2) is 54.7 Å². The summed E-state index contributed by atoms with van der Waals surface area (Å²) in [5, 5.41) is 4.66. The molecule has 3 aliphatic rings. The third-order valence-electron chi connectivity index (χ3n) is 10.3. The van der Waals surface area contributed by atoms with E-state index < -0.39 is 5.60 Å². The highest BCUT2D eigenvalue weighted by Gasteiger charge is 2.52. The molecule has 1 saturated carbocycles. The van der Waals surface area contributed by atoms with Crippen LogP contribution >= 0.6 is 40.5 Å². The highest BCUT2D eigenvalue weighted by Crippen LogP contribution is 2.46. The Bertz CT molecular complexity index is 1740. The lowest BCUT2D eigenvalue weighted by atomic mass is 9.78. The van der Waals surface area contributed by atoms with Crippen LogP contribution in [-0.2, 0) is 14.0 Å². The zero-order valence-electron chi connectivity index (χ0n) is 28.6. The number of aromatic amines is 1. The molecular formula is C36H50BN3O4S3. The molecule has 3 heterocycles. The van der Waals surface area contributed by atoms with E-state index in [1.54, 1.807) is 0 Å². The molecule has 254 valence electrons. The number of carbonyl (C=O) groups excluding carboxylic acids is 1. The molecule has 2 aliphatic heterocycles. The molecule has 1 N–H and O–H groups in total. The monoisotopic (exact) mass is 695 g/mol. The van der Waals surface area contributed by atoms with Gasteiger partial charge in [-0.25, -0.2) is 9.78 Å². The highest BCUT2D eigenvalue weighted by atomic mass is 32.1. The molecule has 4 aromatic rings. The average Bonchev–Trinajstić information content (AvgIpc) is 3.64. The van der Waals surface area contributed by atoms with Crippen LogP contribution in [0.4, 0.5) is 4.79 Å². The molecular weight excluding hydrogens is 645 g/mol. The fourth-order valence-corrected chi connectivity index (χ4v) is 7.24. The van der Waals surface area contributed by atoms with E-state index in [-0.39, 0.29) is 77.0 Å². The van der Waals surface area contributed by atoms with Crippen molar-refractivity contribution in [1.29, 1.82) is 0 Å². The molecule has 0 bridgehead atoms. The first kappa shape index (κ1) is 37.5. The lowest BCUT2D eigenvalue weighted by Crippen LogP contribution is -2.43. The van der Waals surface area contributed by atoms with Gasteiger partial charge in [-0.1, -0.05) is 43.2 Å². The van der Waals surface area contributed by atoms with Crippen molar-refractivity contribution >= 4 is 80.7 Å². The summed E-state index contributed by atoms with van der Waals surface area (Å²) in [7, 11) is -0.382. The molecule has 1 aromatic heterocycles.